The van der Waals surface area contributed by atoms with Gasteiger partial charge in [0.05, 0.1) is 6.04 Å². The maximum absolute atomic E-state index is 11.5. The fraction of sp³-hybridized carbons (Fsp3) is 0.800. The van der Waals surface area contributed by atoms with Gasteiger partial charge in [-0.3, -0.25) is 19.9 Å². The summed E-state index contributed by atoms with van der Waals surface area (Å²) in [7, 11) is 1.65. The first-order valence-electron chi connectivity index (χ1n) is 5.64. The highest BCUT2D eigenvalue weighted by Gasteiger charge is 2.29. The van der Waals surface area contributed by atoms with Gasteiger partial charge < -0.3 is 5.32 Å². The first-order chi connectivity index (χ1) is 7.69. The predicted octanol–water partition coefficient (Wildman–Crippen LogP) is -1.03. The van der Waals surface area contributed by atoms with E-state index in [1.807, 2.05) is 0 Å². The van der Waals surface area contributed by atoms with Crippen LogP contribution in [0.15, 0.2) is 0 Å². The topological polar surface area (TPSA) is 87.5 Å². The van der Waals surface area contributed by atoms with Crippen LogP contribution in [0.3, 0.4) is 0 Å². The van der Waals surface area contributed by atoms with Crippen LogP contribution in [0.1, 0.15) is 25.7 Å². The Bertz CT molecular complexity index is 257. The van der Waals surface area contributed by atoms with E-state index in [0.717, 1.165) is 32.4 Å². The molecule has 1 heterocycles. The first kappa shape index (κ1) is 12.9. The van der Waals surface area contributed by atoms with Crippen molar-refractivity contribution in [3.63, 3.8) is 0 Å². The van der Waals surface area contributed by atoms with Gasteiger partial charge in [-0.15, -0.1) is 0 Å². The van der Waals surface area contributed by atoms with Gasteiger partial charge in [-0.2, -0.15) is 0 Å². The van der Waals surface area contributed by atoms with Gasteiger partial charge in [0, 0.05) is 13.5 Å². The van der Waals surface area contributed by atoms with Crippen molar-refractivity contribution >= 4 is 11.8 Å². The van der Waals surface area contributed by atoms with Crippen LogP contribution in [-0.2, 0) is 9.59 Å². The van der Waals surface area contributed by atoms with Gasteiger partial charge in [0.15, 0.2) is 0 Å². The Morgan fingerprint density at radius 3 is 2.88 bits per heavy atom. The minimum atomic E-state index is -0.157. The Balaban J connectivity index is 2.30. The van der Waals surface area contributed by atoms with E-state index in [4.69, 9.17) is 5.84 Å². The van der Waals surface area contributed by atoms with Crippen LogP contribution in [0, 0.1) is 0 Å². The van der Waals surface area contributed by atoms with Crippen LogP contribution in [-0.4, -0.2) is 42.9 Å². The summed E-state index contributed by atoms with van der Waals surface area (Å²) in [5.41, 5.74) is 2.10. The number of hydrogen-bond acceptors (Lipinski definition) is 4. The monoisotopic (exact) mass is 228 g/mol. The van der Waals surface area contributed by atoms with Crippen molar-refractivity contribution in [3.8, 4) is 0 Å². The average Bonchev–Trinajstić information content (AvgIpc) is 2.76. The number of nitrogens with zero attached hydrogens (tertiary/aromatic N) is 1. The molecule has 1 rings (SSSR count). The van der Waals surface area contributed by atoms with Gasteiger partial charge in [0.1, 0.15) is 0 Å². The largest absolute Gasteiger partial charge is 0.358 e. The number of carbonyl (C=O) groups is 2. The molecule has 6 heteroatoms. The van der Waals surface area contributed by atoms with Crippen molar-refractivity contribution in [3.05, 3.63) is 0 Å². The van der Waals surface area contributed by atoms with Gasteiger partial charge in [-0.1, -0.05) is 0 Å². The zero-order valence-corrected chi connectivity index (χ0v) is 9.66. The zero-order valence-electron chi connectivity index (χ0n) is 9.66. The predicted molar refractivity (Wildman–Crippen MR) is 60.2 cm³/mol. The third-order valence-corrected chi connectivity index (χ3v) is 2.92. The number of amides is 2. The van der Waals surface area contributed by atoms with Crippen LogP contribution in [0.25, 0.3) is 0 Å². The summed E-state index contributed by atoms with van der Waals surface area (Å²) in [5.74, 6) is 4.90. The molecule has 0 aromatic carbocycles. The maximum atomic E-state index is 11.5. The van der Waals surface area contributed by atoms with Crippen molar-refractivity contribution < 1.29 is 9.59 Å². The second kappa shape index (κ2) is 6.44. The molecule has 0 radical (unpaired) electrons. The molecule has 4 N–H and O–H groups in total. The van der Waals surface area contributed by atoms with Crippen LogP contribution >= 0.6 is 0 Å². The summed E-state index contributed by atoms with van der Waals surface area (Å²) >= 11 is 0. The number of nitrogens with one attached hydrogen (secondary N) is 2. The molecule has 0 bridgehead atoms. The Hall–Kier alpha value is -1.14. The summed E-state index contributed by atoms with van der Waals surface area (Å²) in [6.45, 7) is 1.70. The lowest BCUT2D eigenvalue weighted by molar-refractivity contribution is -0.124. The van der Waals surface area contributed by atoms with Crippen LogP contribution < -0.4 is 16.6 Å². The van der Waals surface area contributed by atoms with Crippen LogP contribution in [0.4, 0.5) is 0 Å². The molecule has 6 nitrogen and oxygen atoms in total. The van der Waals surface area contributed by atoms with Gasteiger partial charge in [0.2, 0.25) is 11.8 Å². The number of carbonyl (C=O) groups excluding carboxylic acids is 2. The third-order valence-electron chi connectivity index (χ3n) is 2.92. The molecule has 0 saturated carbocycles. The summed E-state index contributed by atoms with van der Waals surface area (Å²) in [5, 5.41) is 2.67. The van der Waals surface area contributed by atoms with Crippen molar-refractivity contribution in [2.75, 3.05) is 20.1 Å². The number of likely N-dealkylation sites (N-methyl/N-ethyl adjacent to an activating group) is 1. The first-order valence-corrected chi connectivity index (χ1v) is 5.64. The van der Waals surface area contributed by atoms with E-state index in [-0.39, 0.29) is 17.9 Å². The standard InChI is InChI=1S/C10H20N4O2/c1-12-10(16)8-4-2-6-14(8)7-3-5-9(15)13-11/h8H,2-7,11H2,1H3,(H,12,16)(H,13,15). The fourth-order valence-corrected chi connectivity index (χ4v) is 2.07. The Morgan fingerprint density at radius 1 is 1.50 bits per heavy atom. The van der Waals surface area contributed by atoms with Crippen LogP contribution in [0.2, 0.25) is 0 Å². The molecule has 0 aromatic rings. The van der Waals surface area contributed by atoms with E-state index in [0.29, 0.717) is 6.42 Å². The molecule has 92 valence electrons. The zero-order chi connectivity index (χ0) is 12.0. The lowest BCUT2D eigenvalue weighted by atomic mass is 10.2. The molecular formula is C10H20N4O2. The minimum Gasteiger partial charge on any atom is -0.358 e. The van der Waals surface area contributed by atoms with Gasteiger partial charge in [0.25, 0.3) is 0 Å². The fourth-order valence-electron chi connectivity index (χ4n) is 2.07. The quantitative estimate of drug-likeness (QED) is 0.319. The van der Waals surface area contributed by atoms with E-state index >= 15 is 0 Å². The summed E-state index contributed by atoms with van der Waals surface area (Å²) < 4.78 is 0. The van der Waals surface area contributed by atoms with Crippen LogP contribution in [0.5, 0.6) is 0 Å². The third kappa shape index (κ3) is 3.46. The van der Waals surface area contributed by atoms with Gasteiger partial charge >= 0.3 is 0 Å². The van der Waals surface area contributed by atoms with Crippen molar-refractivity contribution in [2.45, 2.75) is 31.7 Å². The molecule has 0 aromatic heterocycles. The smallest absolute Gasteiger partial charge is 0.237 e. The maximum Gasteiger partial charge on any atom is 0.237 e. The highest BCUT2D eigenvalue weighted by atomic mass is 16.2. The van der Waals surface area contributed by atoms with Crippen molar-refractivity contribution in [1.82, 2.24) is 15.6 Å². The Labute approximate surface area is 95.5 Å². The van der Waals surface area contributed by atoms with E-state index < -0.39 is 0 Å². The molecule has 0 aliphatic carbocycles. The van der Waals surface area contributed by atoms with Gasteiger partial charge in [-0.05, 0) is 32.4 Å². The molecule has 1 unspecified atom stereocenters. The molecule has 1 fully saturated rings. The highest BCUT2D eigenvalue weighted by molar-refractivity contribution is 5.81. The van der Waals surface area contributed by atoms with E-state index in [9.17, 15) is 9.59 Å². The SMILES string of the molecule is CNC(=O)C1CCCN1CCCC(=O)NN. The van der Waals surface area contributed by atoms with E-state index in [2.05, 4.69) is 15.6 Å². The number of likely N-dealkylation sites (tertiary alicyclic amines) is 1. The van der Waals surface area contributed by atoms with E-state index in [1.165, 1.54) is 0 Å². The lowest BCUT2D eigenvalue weighted by Crippen LogP contribution is -2.42. The lowest BCUT2D eigenvalue weighted by Gasteiger charge is -2.22. The summed E-state index contributed by atoms with van der Waals surface area (Å²) in [6, 6.07) is -0.0223. The summed E-state index contributed by atoms with van der Waals surface area (Å²) in [4.78, 5) is 24.6. The Morgan fingerprint density at radius 2 is 2.25 bits per heavy atom. The Kier molecular flexibility index (Phi) is 5.21. The second-order valence-corrected chi connectivity index (χ2v) is 3.98. The molecule has 16 heavy (non-hydrogen) atoms. The minimum absolute atomic E-state index is 0.0223. The molecule has 0 spiro atoms. The normalized spacial score (nSPS) is 20.8. The summed E-state index contributed by atoms with van der Waals surface area (Å²) in [6.07, 6.45) is 3.09. The number of hydrazine groups is 1. The molecule has 1 aliphatic heterocycles. The highest BCUT2D eigenvalue weighted by Crippen LogP contribution is 2.17. The second-order valence-electron chi connectivity index (χ2n) is 3.98. The average molecular weight is 228 g/mol. The molecule has 2 amide bonds. The number of rotatable bonds is 5. The number of hydrogen-bond donors (Lipinski definition) is 3. The van der Waals surface area contributed by atoms with E-state index in [1.54, 1.807) is 7.05 Å². The van der Waals surface area contributed by atoms with Crippen molar-refractivity contribution in [2.24, 2.45) is 5.84 Å². The molecule has 1 aliphatic rings. The molecule has 1 saturated heterocycles. The van der Waals surface area contributed by atoms with Crippen molar-refractivity contribution in [1.29, 1.82) is 0 Å². The van der Waals surface area contributed by atoms with Gasteiger partial charge in [-0.25, -0.2) is 5.84 Å². The molecular weight excluding hydrogens is 208 g/mol. The number of nitrogens with two attached hydrogens (primary N) is 1. The molecule has 1 atom stereocenters.